The quantitative estimate of drug-likeness (QED) is 0.325. The molecule has 11 nitrogen and oxygen atoms in total. The van der Waals surface area contributed by atoms with Gasteiger partial charge in [0, 0.05) is 61.0 Å². The Hall–Kier alpha value is -3.37. The molecule has 2 aromatic rings. The van der Waals surface area contributed by atoms with Crippen molar-refractivity contribution in [1.82, 2.24) is 35.7 Å². The summed E-state index contributed by atoms with van der Waals surface area (Å²) in [7, 11) is 0. The topological polar surface area (TPSA) is 140 Å². The molecular formula is C29H43N9O2. The molecule has 1 saturated heterocycles. The van der Waals surface area contributed by atoms with Crippen LogP contribution in [0.3, 0.4) is 0 Å². The van der Waals surface area contributed by atoms with Crippen LogP contribution < -0.4 is 21.3 Å². The Bertz CT molecular complexity index is 1160. The molecule has 0 radical (unpaired) electrons. The first-order valence-electron chi connectivity index (χ1n) is 15.4. The number of hydrogen-bond donors (Lipinski definition) is 5. The van der Waals surface area contributed by atoms with Gasteiger partial charge in [0.05, 0.1) is 0 Å². The third kappa shape index (κ3) is 6.67. The van der Waals surface area contributed by atoms with Crippen molar-refractivity contribution in [2.75, 3.05) is 17.2 Å². The number of nitrogens with zero attached hydrogens (tertiary/aromatic N) is 4. The molecule has 4 fully saturated rings. The van der Waals surface area contributed by atoms with E-state index in [1.54, 1.807) is 6.20 Å². The highest BCUT2D eigenvalue weighted by Gasteiger charge is 2.33. The van der Waals surface area contributed by atoms with Gasteiger partial charge in [-0.25, -0.2) is 9.78 Å². The molecule has 2 atom stereocenters. The summed E-state index contributed by atoms with van der Waals surface area (Å²) in [6.07, 6.45) is 16.1. The van der Waals surface area contributed by atoms with E-state index in [-0.39, 0.29) is 36.1 Å². The molecule has 0 spiro atoms. The van der Waals surface area contributed by atoms with Gasteiger partial charge >= 0.3 is 6.03 Å². The fraction of sp³-hybridized carbons (Fsp3) is 0.690. The molecular weight excluding hydrogens is 506 g/mol. The van der Waals surface area contributed by atoms with Gasteiger partial charge in [-0.05, 0) is 76.7 Å². The van der Waals surface area contributed by atoms with Gasteiger partial charge in [-0.1, -0.05) is 12.8 Å². The first-order valence-corrected chi connectivity index (χ1v) is 15.4. The van der Waals surface area contributed by atoms with Crippen LogP contribution in [0.1, 0.15) is 102 Å². The fourth-order valence-corrected chi connectivity index (χ4v) is 7.09. The summed E-state index contributed by atoms with van der Waals surface area (Å²) in [5, 5.41) is 20.8. The molecule has 40 heavy (non-hydrogen) atoms. The van der Waals surface area contributed by atoms with Crippen molar-refractivity contribution in [3.63, 3.8) is 0 Å². The highest BCUT2D eigenvalue weighted by Crippen LogP contribution is 2.34. The zero-order valence-electron chi connectivity index (χ0n) is 23.3. The number of aromatic amines is 1. The van der Waals surface area contributed by atoms with Crippen LogP contribution in [-0.2, 0) is 4.79 Å². The van der Waals surface area contributed by atoms with Crippen molar-refractivity contribution in [2.24, 2.45) is 0 Å². The molecule has 3 saturated carbocycles. The Morgan fingerprint density at radius 2 is 1.70 bits per heavy atom. The molecule has 3 heterocycles. The molecule has 3 amide bonds. The smallest absolute Gasteiger partial charge is 0.315 e. The number of likely N-dealkylation sites (tertiary alicyclic amines) is 1. The zero-order chi connectivity index (χ0) is 27.3. The van der Waals surface area contributed by atoms with E-state index >= 15 is 0 Å². The Labute approximate surface area is 236 Å². The monoisotopic (exact) mass is 549 g/mol. The molecule has 216 valence electrons. The van der Waals surface area contributed by atoms with Gasteiger partial charge in [0.2, 0.25) is 11.9 Å². The van der Waals surface area contributed by atoms with Gasteiger partial charge in [0.1, 0.15) is 5.82 Å². The molecule has 11 heteroatoms. The predicted octanol–water partition coefficient (Wildman–Crippen LogP) is 4.56. The van der Waals surface area contributed by atoms with Crippen LogP contribution in [0.4, 0.5) is 22.4 Å². The van der Waals surface area contributed by atoms with Crippen LogP contribution in [0.25, 0.3) is 0 Å². The second-order valence-electron chi connectivity index (χ2n) is 12.1. The maximum atomic E-state index is 12.8. The summed E-state index contributed by atoms with van der Waals surface area (Å²) < 4.78 is 0. The Morgan fingerprint density at radius 1 is 0.900 bits per heavy atom. The molecule has 0 unspecified atom stereocenters. The molecule has 5 N–H and O–H groups in total. The van der Waals surface area contributed by atoms with Crippen LogP contribution >= 0.6 is 0 Å². The van der Waals surface area contributed by atoms with Gasteiger partial charge in [0.25, 0.3) is 0 Å². The minimum Gasteiger partial charge on any atom is -0.351 e. The number of anilines is 3. The molecule has 4 aliphatic rings. The maximum absolute atomic E-state index is 12.8. The minimum atomic E-state index is -0.0774. The van der Waals surface area contributed by atoms with E-state index in [1.165, 1.54) is 31.4 Å². The Morgan fingerprint density at radius 3 is 2.50 bits per heavy atom. The number of H-pyrrole nitrogens is 1. The van der Waals surface area contributed by atoms with Crippen molar-refractivity contribution in [3.8, 4) is 0 Å². The summed E-state index contributed by atoms with van der Waals surface area (Å²) in [5.74, 6) is 2.97. The van der Waals surface area contributed by atoms with Gasteiger partial charge in [-0.15, -0.1) is 0 Å². The molecule has 3 aliphatic carbocycles. The van der Waals surface area contributed by atoms with E-state index in [1.807, 2.05) is 11.0 Å². The average Bonchev–Trinajstić information content (AvgIpc) is 3.73. The van der Waals surface area contributed by atoms with Crippen molar-refractivity contribution >= 4 is 29.5 Å². The van der Waals surface area contributed by atoms with Crippen molar-refractivity contribution in [2.45, 2.75) is 120 Å². The Kier molecular flexibility index (Phi) is 8.34. The third-order valence-corrected chi connectivity index (χ3v) is 9.23. The van der Waals surface area contributed by atoms with Gasteiger partial charge in [0.15, 0.2) is 5.82 Å². The summed E-state index contributed by atoms with van der Waals surface area (Å²) in [6, 6.07) is 4.72. The van der Waals surface area contributed by atoms with E-state index in [4.69, 9.17) is 0 Å². The minimum absolute atomic E-state index is 0.0774. The highest BCUT2D eigenvalue weighted by molar-refractivity contribution is 5.78. The number of aromatic nitrogens is 4. The van der Waals surface area contributed by atoms with Gasteiger partial charge < -0.3 is 26.2 Å². The lowest BCUT2D eigenvalue weighted by Crippen LogP contribution is -2.51. The summed E-state index contributed by atoms with van der Waals surface area (Å²) in [5.41, 5.74) is 1.20. The van der Waals surface area contributed by atoms with E-state index in [0.29, 0.717) is 24.1 Å². The Balaban J connectivity index is 0.926. The lowest BCUT2D eigenvalue weighted by Gasteiger charge is -2.36. The number of urea groups is 1. The van der Waals surface area contributed by atoms with Gasteiger partial charge in [-0.2, -0.15) is 10.1 Å². The van der Waals surface area contributed by atoms with E-state index in [9.17, 15) is 9.59 Å². The van der Waals surface area contributed by atoms with Crippen LogP contribution in [0.15, 0.2) is 18.3 Å². The second kappa shape index (κ2) is 12.4. The third-order valence-electron chi connectivity index (χ3n) is 9.23. The van der Waals surface area contributed by atoms with E-state index < -0.39 is 0 Å². The second-order valence-corrected chi connectivity index (χ2v) is 12.1. The molecule has 0 aromatic carbocycles. The van der Waals surface area contributed by atoms with Crippen LogP contribution in [0.2, 0.25) is 0 Å². The van der Waals surface area contributed by atoms with Crippen molar-refractivity contribution in [1.29, 1.82) is 0 Å². The molecule has 1 aliphatic heterocycles. The van der Waals surface area contributed by atoms with E-state index in [0.717, 1.165) is 70.2 Å². The number of nitrogens with one attached hydrogen (secondary N) is 5. The normalized spacial score (nSPS) is 27.5. The standard InChI is InChI=1S/C29H43N9O2/c39-27-9-4-16-38(27)23-8-3-7-22(17-23)33-29(40)32-21-12-10-20(11-13-21)31-28-30-15-14-25(35-28)34-26-18-24(36-37-26)19-5-1-2-6-19/h14-15,18-23H,1-13,16-17H2,(H2,32,33,40)(H3,30,31,34,35,36,37)/t20?,21?,22-,23-/m1/s1. The average molecular weight is 550 g/mol. The fourth-order valence-electron chi connectivity index (χ4n) is 7.09. The van der Waals surface area contributed by atoms with Crippen molar-refractivity contribution < 1.29 is 9.59 Å². The lowest BCUT2D eigenvalue weighted by molar-refractivity contribution is -0.130. The first-order chi connectivity index (χ1) is 19.6. The number of amides is 3. The van der Waals surface area contributed by atoms with Crippen LogP contribution in [0.5, 0.6) is 0 Å². The SMILES string of the molecule is O=C(NC1CCC(Nc2nccc(Nc3cc(C4CCCC4)[nH]n3)n2)CC1)N[C@@H]1CCC[C@@H](N2CCCC2=O)C1. The maximum Gasteiger partial charge on any atom is 0.315 e. The highest BCUT2D eigenvalue weighted by atomic mass is 16.2. The lowest BCUT2D eigenvalue weighted by atomic mass is 9.90. The summed E-state index contributed by atoms with van der Waals surface area (Å²) >= 11 is 0. The largest absolute Gasteiger partial charge is 0.351 e. The van der Waals surface area contributed by atoms with E-state index in [2.05, 4.69) is 47.5 Å². The van der Waals surface area contributed by atoms with Crippen LogP contribution in [-0.4, -0.2) is 67.7 Å². The number of rotatable bonds is 8. The molecule has 6 rings (SSSR count). The van der Waals surface area contributed by atoms with Crippen LogP contribution in [0, 0.1) is 0 Å². The summed E-state index contributed by atoms with van der Waals surface area (Å²) in [6.45, 7) is 0.872. The summed E-state index contributed by atoms with van der Waals surface area (Å²) in [4.78, 5) is 36.0. The number of carbonyl (C=O) groups excluding carboxylic acids is 2. The number of hydrogen-bond acceptors (Lipinski definition) is 7. The predicted molar refractivity (Wildman–Crippen MR) is 153 cm³/mol. The number of carbonyl (C=O) groups is 2. The molecule has 2 aromatic heterocycles. The van der Waals surface area contributed by atoms with Gasteiger partial charge in [-0.3, -0.25) is 9.89 Å². The first kappa shape index (κ1) is 26.8. The zero-order valence-corrected chi connectivity index (χ0v) is 23.3. The van der Waals surface area contributed by atoms with Crippen molar-refractivity contribution in [3.05, 3.63) is 24.0 Å². The molecule has 0 bridgehead atoms.